The minimum Gasteiger partial charge on any atom is -0.394 e. The number of aromatic nitrogens is 4. The van der Waals surface area contributed by atoms with E-state index in [2.05, 4.69) is 49.3 Å². The van der Waals surface area contributed by atoms with E-state index in [0.29, 0.717) is 17.9 Å². The van der Waals surface area contributed by atoms with Crippen LogP contribution < -0.4 is 10.0 Å². The largest absolute Gasteiger partial charge is 0.394 e. The average Bonchev–Trinajstić information content (AvgIpc) is 3.52. The fourth-order valence-corrected chi connectivity index (χ4v) is 6.47. The van der Waals surface area contributed by atoms with E-state index < -0.39 is 41.2 Å². The third-order valence-electron chi connectivity index (χ3n) is 7.14. The summed E-state index contributed by atoms with van der Waals surface area (Å²) in [7, 11) is -3.58. The zero-order valence-electron chi connectivity index (χ0n) is 23.4. The molecule has 0 bridgehead atoms. The zero-order valence-corrected chi connectivity index (χ0v) is 24.2. The highest BCUT2D eigenvalue weighted by atomic mass is 32.2. The summed E-state index contributed by atoms with van der Waals surface area (Å²) in [6, 6.07) is 20.1. The Balaban J connectivity index is 1.51. The molecule has 0 aliphatic carbocycles. The molecule has 4 aromatic rings. The van der Waals surface area contributed by atoms with Gasteiger partial charge in [0.25, 0.3) is 0 Å². The number of benzene rings is 2. The van der Waals surface area contributed by atoms with E-state index >= 15 is 0 Å². The third-order valence-corrected chi connectivity index (χ3v) is 8.83. The minimum atomic E-state index is -3.58. The summed E-state index contributed by atoms with van der Waals surface area (Å²) in [5, 5.41) is 34.0. The molecule has 1 aliphatic heterocycles. The van der Waals surface area contributed by atoms with Gasteiger partial charge >= 0.3 is 0 Å². The lowest BCUT2D eigenvalue weighted by Crippen LogP contribution is -2.33. The number of sulfonamides is 1. The van der Waals surface area contributed by atoms with Gasteiger partial charge in [0.15, 0.2) is 23.2 Å². The van der Waals surface area contributed by atoms with Crippen molar-refractivity contribution >= 4 is 27.0 Å². The molecule has 2 aromatic heterocycles. The number of rotatable bonds is 12. The number of hydrogen-bond donors (Lipinski definition) is 5. The van der Waals surface area contributed by atoms with Gasteiger partial charge in [-0.05, 0) is 17.0 Å². The standard InChI is InChI=1S/C29H36N6O6S/c1-18(2)16-42(39,40)32-14-23-33-27(30-13-21(19-9-5-3-6-10-19)20-11-7-4-8-12-20)24-28(34-23)35(17-31-24)29-26(38)25(37)22(15-36)41-29/h3-12,17-18,21-22,25-26,29,32,36-38H,13-16H2,1-2H3,(H,30,33,34). The monoisotopic (exact) mass is 596 g/mol. The molecule has 4 atom stereocenters. The van der Waals surface area contributed by atoms with Crippen molar-refractivity contribution in [2.24, 2.45) is 5.92 Å². The lowest BCUT2D eigenvalue weighted by atomic mass is 9.91. The normalized spacial score (nSPS) is 21.0. The predicted octanol–water partition coefficient (Wildman–Crippen LogP) is 1.76. The first-order valence-corrected chi connectivity index (χ1v) is 15.5. The van der Waals surface area contributed by atoms with Crippen molar-refractivity contribution in [2.75, 3.05) is 24.2 Å². The molecule has 13 heteroatoms. The van der Waals surface area contributed by atoms with Gasteiger partial charge in [-0.15, -0.1) is 0 Å². The molecule has 42 heavy (non-hydrogen) atoms. The molecule has 5 rings (SSSR count). The van der Waals surface area contributed by atoms with Gasteiger partial charge in [0.05, 0.1) is 25.2 Å². The summed E-state index contributed by atoms with van der Waals surface area (Å²) in [5.74, 6) is 0.413. The SMILES string of the molecule is CC(C)CS(=O)(=O)NCc1nc(NCC(c2ccccc2)c2ccccc2)c2ncn(C3OC(CO)C(O)C3O)c2n1. The first kappa shape index (κ1) is 30.0. The number of hydrogen-bond acceptors (Lipinski definition) is 10. The molecular formula is C29H36N6O6S. The van der Waals surface area contributed by atoms with Crippen molar-refractivity contribution in [1.82, 2.24) is 24.2 Å². The van der Waals surface area contributed by atoms with Crippen LogP contribution in [0.25, 0.3) is 11.2 Å². The number of anilines is 1. The van der Waals surface area contributed by atoms with Gasteiger partial charge in [-0.3, -0.25) is 4.57 Å². The van der Waals surface area contributed by atoms with Crippen LogP contribution in [0.2, 0.25) is 0 Å². The molecule has 4 unspecified atom stereocenters. The summed E-state index contributed by atoms with van der Waals surface area (Å²) in [5.41, 5.74) is 2.85. The van der Waals surface area contributed by atoms with Crippen LogP contribution in [0.5, 0.6) is 0 Å². The van der Waals surface area contributed by atoms with Gasteiger partial charge in [-0.1, -0.05) is 74.5 Å². The molecular weight excluding hydrogens is 560 g/mol. The Morgan fingerprint density at radius 1 is 0.976 bits per heavy atom. The highest BCUT2D eigenvalue weighted by Crippen LogP contribution is 2.33. The first-order valence-electron chi connectivity index (χ1n) is 13.8. The van der Waals surface area contributed by atoms with Gasteiger partial charge in [-0.2, -0.15) is 0 Å². The number of fused-ring (bicyclic) bond motifs is 1. The number of aliphatic hydroxyl groups is 3. The highest BCUT2D eigenvalue weighted by molar-refractivity contribution is 7.89. The molecule has 1 saturated heterocycles. The maximum Gasteiger partial charge on any atom is 0.212 e. The molecule has 1 aliphatic rings. The smallest absolute Gasteiger partial charge is 0.212 e. The number of nitrogens with one attached hydrogen (secondary N) is 2. The van der Waals surface area contributed by atoms with Crippen LogP contribution in [0, 0.1) is 5.92 Å². The van der Waals surface area contributed by atoms with Crippen LogP contribution in [0.15, 0.2) is 67.0 Å². The summed E-state index contributed by atoms with van der Waals surface area (Å²) in [6.07, 6.45) is -3.29. The average molecular weight is 597 g/mol. The van der Waals surface area contributed by atoms with Crippen molar-refractivity contribution in [2.45, 2.75) is 50.8 Å². The zero-order chi connectivity index (χ0) is 29.9. The Morgan fingerprint density at radius 2 is 1.62 bits per heavy atom. The van der Waals surface area contributed by atoms with Crippen molar-refractivity contribution < 1.29 is 28.5 Å². The Labute approximate surface area is 244 Å². The van der Waals surface area contributed by atoms with Crippen LogP contribution in [0.3, 0.4) is 0 Å². The third kappa shape index (κ3) is 6.61. The molecule has 0 spiro atoms. The van der Waals surface area contributed by atoms with Gasteiger partial charge in [-0.25, -0.2) is 28.1 Å². The highest BCUT2D eigenvalue weighted by Gasteiger charge is 2.44. The fraction of sp³-hybridized carbons (Fsp3) is 0.414. The minimum absolute atomic E-state index is 0.0343. The summed E-state index contributed by atoms with van der Waals surface area (Å²) in [4.78, 5) is 13.7. The summed E-state index contributed by atoms with van der Waals surface area (Å²) < 4.78 is 34.9. The summed E-state index contributed by atoms with van der Waals surface area (Å²) in [6.45, 7) is 3.44. The predicted molar refractivity (Wildman–Crippen MR) is 157 cm³/mol. The van der Waals surface area contributed by atoms with Crippen LogP contribution >= 0.6 is 0 Å². The van der Waals surface area contributed by atoms with Crippen molar-refractivity contribution in [3.05, 3.63) is 83.9 Å². The summed E-state index contributed by atoms with van der Waals surface area (Å²) >= 11 is 0. The molecule has 12 nitrogen and oxygen atoms in total. The first-order chi connectivity index (χ1) is 20.2. The molecule has 3 heterocycles. The van der Waals surface area contributed by atoms with Gasteiger partial charge in [0.1, 0.15) is 24.1 Å². The van der Waals surface area contributed by atoms with E-state index in [9.17, 15) is 23.7 Å². The van der Waals surface area contributed by atoms with Crippen molar-refractivity contribution in [1.29, 1.82) is 0 Å². The van der Waals surface area contributed by atoms with E-state index in [1.165, 1.54) is 10.9 Å². The van der Waals surface area contributed by atoms with Crippen LogP contribution in [0.4, 0.5) is 5.82 Å². The van der Waals surface area contributed by atoms with Crippen LogP contribution in [-0.2, 0) is 21.3 Å². The van der Waals surface area contributed by atoms with Gasteiger partial charge in [0, 0.05) is 12.5 Å². The lowest BCUT2D eigenvalue weighted by Gasteiger charge is -2.20. The Morgan fingerprint density at radius 3 is 2.19 bits per heavy atom. The lowest BCUT2D eigenvalue weighted by molar-refractivity contribution is -0.0511. The van der Waals surface area contributed by atoms with Gasteiger partial charge < -0.3 is 25.4 Å². The Hall–Kier alpha value is -3.46. The second-order valence-electron chi connectivity index (χ2n) is 10.8. The number of aliphatic hydroxyl groups excluding tert-OH is 3. The second kappa shape index (κ2) is 12.8. The van der Waals surface area contributed by atoms with E-state index in [-0.39, 0.29) is 35.6 Å². The van der Waals surface area contributed by atoms with Gasteiger partial charge in [0.2, 0.25) is 10.0 Å². The number of imidazole rings is 1. The molecule has 2 aromatic carbocycles. The molecule has 224 valence electrons. The quantitative estimate of drug-likeness (QED) is 0.162. The maximum absolute atomic E-state index is 12.6. The Bertz CT molecular complexity index is 1540. The number of ether oxygens (including phenoxy) is 1. The van der Waals surface area contributed by atoms with Crippen molar-refractivity contribution in [3.63, 3.8) is 0 Å². The number of nitrogens with zero attached hydrogens (tertiary/aromatic N) is 4. The molecule has 5 N–H and O–H groups in total. The second-order valence-corrected chi connectivity index (χ2v) is 12.6. The Kier molecular flexibility index (Phi) is 9.16. The van der Waals surface area contributed by atoms with E-state index in [1.807, 2.05) is 50.2 Å². The van der Waals surface area contributed by atoms with Crippen LogP contribution in [0.1, 0.15) is 42.9 Å². The van der Waals surface area contributed by atoms with Crippen molar-refractivity contribution in [3.8, 4) is 0 Å². The van der Waals surface area contributed by atoms with E-state index in [4.69, 9.17) is 4.74 Å². The fourth-order valence-electron chi connectivity index (χ4n) is 5.13. The van der Waals surface area contributed by atoms with Crippen LogP contribution in [-0.4, -0.2) is 80.5 Å². The molecule has 1 fully saturated rings. The maximum atomic E-state index is 12.6. The topological polar surface area (TPSA) is 172 Å². The molecule has 0 radical (unpaired) electrons. The van der Waals surface area contributed by atoms with E-state index in [0.717, 1.165) is 11.1 Å². The van der Waals surface area contributed by atoms with E-state index in [1.54, 1.807) is 0 Å². The molecule has 0 saturated carbocycles. The molecule has 0 amide bonds.